The number of hydrogen-bond acceptors (Lipinski definition) is 6. The number of ether oxygens (including phenoxy) is 1. The maximum Gasteiger partial charge on any atom is 0.290 e. The second-order valence-electron chi connectivity index (χ2n) is 7.94. The smallest absolute Gasteiger partial charge is 0.290 e. The van der Waals surface area contributed by atoms with Gasteiger partial charge in [-0.05, 0) is 62.2 Å². The van der Waals surface area contributed by atoms with Crippen LogP contribution in [0.1, 0.15) is 48.3 Å². The fraction of sp³-hybridized carbons (Fsp3) is 0.417. The van der Waals surface area contributed by atoms with Crippen LogP contribution < -0.4 is 4.74 Å². The molecule has 2 aliphatic rings. The van der Waals surface area contributed by atoms with Crippen molar-refractivity contribution in [3.8, 4) is 5.75 Å². The zero-order valence-corrected chi connectivity index (χ0v) is 17.8. The molecule has 0 spiro atoms. The van der Waals surface area contributed by atoms with Gasteiger partial charge in [-0.15, -0.1) is 0 Å². The van der Waals surface area contributed by atoms with E-state index in [9.17, 15) is 14.7 Å². The quantitative estimate of drug-likeness (QED) is 0.618. The molecule has 1 saturated heterocycles. The summed E-state index contributed by atoms with van der Waals surface area (Å²) in [4.78, 5) is 30.1. The first-order valence-corrected chi connectivity index (χ1v) is 10.9. The molecule has 31 heavy (non-hydrogen) atoms. The van der Waals surface area contributed by atoms with Crippen LogP contribution in [0.15, 0.2) is 58.4 Å². The zero-order valence-electron chi connectivity index (χ0n) is 17.8. The highest BCUT2D eigenvalue weighted by Crippen LogP contribution is 2.39. The van der Waals surface area contributed by atoms with Gasteiger partial charge in [-0.25, -0.2) is 0 Å². The minimum absolute atomic E-state index is 0.0500. The summed E-state index contributed by atoms with van der Waals surface area (Å²) in [5.41, 5.74) is 0.774. The topological polar surface area (TPSA) is 83.2 Å². The summed E-state index contributed by atoms with van der Waals surface area (Å²) in [6.45, 7) is 5.73. The maximum absolute atomic E-state index is 13.2. The second-order valence-corrected chi connectivity index (χ2v) is 7.94. The van der Waals surface area contributed by atoms with E-state index in [2.05, 4.69) is 4.90 Å². The molecule has 1 atom stereocenters. The van der Waals surface area contributed by atoms with E-state index in [0.717, 1.165) is 37.9 Å². The van der Waals surface area contributed by atoms with Crippen LogP contribution >= 0.6 is 0 Å². The van der Waals surface area contributed by atoms with E-state index in [1.54, 1.807) is 11.0 Å². The van der Waals surface area contributed by atoms with Crippen LogP contribution in [0.5, 0.6) is 5.75 Å². The molecule has 4 rings (SSSR count). The summed E-state index contributed by atoms with van der Waals surface area (Å²) in [7, 11) is 0. The third kappa shape index (κ3) is 4.37. The molecule has 0 aliphatic carbocycles. The Kier molecular flexibility index (Phi) is 6.42. The zero-order chi connectivity index (χ0) is 21.8. The lowest BCUT2D eigenvalue weighted by molar-refractivity contribution is -0.129. The molecule has 1 aromatic carbocycles. The Morgan fingerprint density at radius 1 is 1.19 bits per heavy atom. The second kappa shape index (κ2) is 9.39. The number of carbonyl (C=O) groups is 2. The summed E-state index contributed by atoms with van der Waals surface area (Å²) < 4.78 is 11.0. The third-order valence-corrected chi connectivity index (χ3v) is 5.80. The predicted octanol–water partition coefficient (Wildman–Crippen LogP) is 3.74. The van der Waals surface area contributed by atoms with Crippen molar-refractivity contribution >= 4 is 11.7 Å². The van der Waals surface area contributed by atoms with Gasteiger partial charge in [-0.3, -0.25) is 9.59 Å². The van der Waals surface area contributed by atoms with Crippen molar-refractivity contribution in [3.05, 3.63) is 65.3 Å². The Labute approximate surface area is 181 Å². The number of benzene rings is 1. The van der Waals surface area contributed by atoms with E-state index in [-0.39, 0.29) is 11.3 Å². The normalized spacial score (nSPS) is 19.5. The Morgan fingerprint density at radius 2 is 2.00 bits per heavy atom. The molecular formula is C24H28N2O5. The fourth-order valence-corrected chi connectivity index (χ4v) is 4.25. The highest BCUT2D eigenvalue weighted by atomic mass is 16.5. The Morgan fingerprint density at radius 3 is 2.71 bits per heavy atom. The van der Waals surface area contributed by atoms with Crippen molar-refractivity contribution in [2.24, 2.45) is 0 Å². The van der Waals surface area contributed by atoms with Crippen LogP contribution in [-0.4, -0.2) is 59.4 Å². The number of nitrogens with zero attached hydrogens (tertiary/aromatic N) is 2. The van der Waals surface area contributed by atoms with Crippen LogP contribution in [0.25, 0.3) is 0 Å². The Balaban J connectivity index is 1.68. The lowest BCUT2D eigenvalue weighted by Gasteiger charge is -2.28. The summed E-state index contributed by atoms with van der Waals surface area (Å²) in [6.07, 6.45) is 4.58. The number of Topliss-reactive ketones (excluding diaryl/α,β-unsaturated/α-hetero) is 1. The molecule has 1 amide bonds. The van der Waals surface area contributed by atoms with Crippen LogP contribution in [-0.2, 0) is 4.79 Å². The molecule has 1 fully saturated rings. The summed E-state index contributed by atoms with van der Waals surface area (Å²) >= 11 is 0. The summed E-state index contributed by atoms with van der Waals surface area (Å²) in [6, 6.07) is 9.84. The monoisotopic (exact) mass is 424 g/mol. The van der Waals surface area contributed by atoms with E-state index in [4.69, 9.17) is 9.15 Å². The largest absolute Gasteiger partial charge is 0.503 e. The van der Waals surface area contributed by atoms with E-state index in [1.165, 1.54) is 12.3 Å². The van der Waals surface area contributed by atoms with Crippen LogP contribution in [0.4, 0.5) is 0 Å². The van der Waals surface area contributed by atoms with Gasteiger partial charge in [0, 0.05) is 13.1 Å². The van der Waals surface area contributed by atoms with Gasteiger partial charge in [-0.2, -0.15) is 0 Å². The Bertz CT molecular complexity index is 960. The molecule has 2 aliphatic heterocycles. The molecule has 7 heteroatoms. The molecule has 0 bridgehead atoms. The van der Waals surface area contributed by atoms with Gasteiger partial charge in [0.05, 0.1) is 24.5 Å². The first-order valence-electron chi connectivity index (χ1n) is 10.9. The highest BCUT2D eigenvalue weighted by molar-refractivity contribution is 6.15. The van der Waals surface area contributed by atoms with E-state index < -0.39 is 23.5 Å². The highest BCUT2D eigenvalue weighted by Gasteiger charge is 2.44. The first-order chi connectivity index (χ1) is 15.1. The molecule has 1 unspecified atom stereocenters. The van der Waals surface area contributed by atoms with Crippen molar-refractivity contribution in [1.82, 2.24) is 9.80 Å². The average Bonchev–Trinajstić information content (AvgIpc) is 3.54. The van der Waals surface area contributed by atoms with Crippen molar-refractivity contribution in [1.29, 1.82) is 0 Å². The SMILES string of the molecule is CCCOc1cccc(C2C(C(=O)c3ccco3)=C(O)C(=O)N2CCN2CCCC2)c1. The van der Waals surface area contributed by atoms with E-state index in [0.29, 0.717) is 25.4 Å². The third-order valence-electron chi connectivity index (χ3n) is 5.80. The minimum atomic E-state index is -0.696. The minimum Gasteiger partial charge on any atom is -0.503 e. The number of furan rings is 1. The van der Waals surface area contributed by atoms with Crippen molar-refractivity contribution < 1.29 is 23.8 Å². The molecular weight excluding hydrogens is 396 g/mol. The first kappa shape index (κ1) is 21.2. The summed E-state index contributed by atoms with van der Waals surface area (Å²) in [5, 5.41) is 10.7. The number of aliphatic hydroxyl groups is 1. The molecule has 164 valence electrons. The van der Waals surface area contributed by atoms with Gasteiger partial charge in [0.25, 0.3) is 5.91 Å². The molecule has 3 heterocycles. The number of amides is 1. The molecule has 1 aromatic heterocycles. The molecule has 0 saturated carbocycles. The van der Waals surface area contributed by atoms with Crippen molar-refractivity contribution in [2.45, 2.75) is 32.2 Å². The number of ketones is 1. The molecule has 0 radical (unpaired) electrons. The van der Waals surface area contributed by atoms with Gasteiger partial charge in [0.1, 0.15) is 5.75 Å². The number of aliphatic hydroxyl groups excluding tert-OH is 1. The molecule has 7 nitrogen and oxygen atoms in total. The van der Waals surface area contributed by atoms with Crippen LogP contribution in [0.3, 0.4) is 0 Å². The maximum atomic E-state index is 13.2. The number of carbonyl (C=O) groups excluding carboxylic acids is 2. The van der Waals surface area contributed by atoms with Crippen LogP contribution in [0.2, 0.25) is 0 Å². The van der Waals surface area contributed by atoms with Gasteiger partial charge in [0.2, 0.25) is 5.78 Å². The van der Waals surface area contributed by atoms with Gasteiger partial charge >= 0.3 is 0 Å². The van der Waals surface area contributed by atoms with Gasteiger partial charge < -0.3 is 24.1 Å². The van der Waals surface area contributed by atoms with E-state index in [1.807, 2.05) is 31.2 Å². The number of likely N-dealkylation sites (tertiary alicyclic amines) is 1. The predicted molar refractivity (Wildman–Crippen MR) is 115 cm³/mol. The Hall–Kier alpha value is -3.06. The van der Waals surface area contributed by atoms with Gasteiger partial charge in [-0.1, -0.05) is 19.1 Å². The fourth-order valence-electron chi connectivity index (χ4n) is 4.25. The molecule has 2 aromatic rings. The average molecular weight is 424 g/mol. The van der Waals surface area contributed by atoms with Gasteiger partial charge in [0.15, 0.2) is 11.5 Å². The van der Waals surface area contributed by atoms with Crippen molar-refractivity contribution in [3.63, 3.8) is 0 Å². The summed E-state index contributed by atoms with van der Waals surface area (Å²) in [5.74, 6) is -0.752. The lowest BCUT2D eigenvalue weighted by atomic mass is 9.95. The van der Waals surface area contributed by atoms with Crippen molar-refractivity contribution in [2.75, 3.05) is 32.8 Å². The number of rotatable bonds is 9. The van der Waals surface area contributed by atoms with E-state index >= 15 is 0 Å². The number of hydrogen-bond donors (Lipinski definition) is 1. The molecule has 1 N–H and O–H groups in total. The lowest BCUT2D eigenvalue weighted by Crippen LogP contribution is -2.37. The standard InChI is InChI=1S/C24H28N2O5/c1-2-14-30-18-8-5-7-17(16-18)21-20(22(27)19-9-6-15-31-19)23(28)24(29)26(21)13-12-25-10-3-4-11-25/h5-9,15-16,21,28H,2-4,10-14H2,1H3. The van der Waals surface area contributed by atoms with Crippen LogP contribution in [0, 0.1) is 0 Å².